The maximum Gasteiger partial charge on any atom is 0.240 e. The van der Waals surface area contributed by atoms with E-state index in [1.54, 1.807) is 12.1 Å². The molecule has 2 N–H and O–H groups in total. The Balaban J connectivity index is 2.64. The Morgan fingerprint density at radius 2 is 1.94 bits per heavy atom. The van der Waals surface area contributed by atoms with E-state index in [9.17, 15) is 8.42 Å². The standard InChI is InChI=1S/C12H19NO4S/c1-2-8-13-18(15,16)12-6-4-11(5-7-12)17-10-3-9-14/h4-7,13-14H,2-3,8-10H2,1H3. The van der Waals surface area contributed by atoms with Crippen molar-refractivity contribution in [2.45, 2.75) is 24.7 Å². The van der Waals surface area contributed by atoms with Crippen molar-refractivity contribution in [1.29, 1.82) is 0 Å². The van der Waals surface area contributed by atoms with Crippen LogP contribution in [0.1, 0.15) is 19.8 Å². The summed E-state index contributed by atoms with van der Waals surface area (Å²) in [5.41, 5.74) is 0. The van der Waals surface area contributed by atoms with E-state index in [1.165, 1.54) is 12.1 Å². The predicted octanol–water partition coefficient (Wildman–Crippen LogP) is 1.14. The van der Waals surface area contributed by atoms with Gasteiger partial charge < -0.3 is 9.84 Å². The summed E-state index contributed by atoms with van der Waals surface area (Å²) in [6.45, 7) is 2.82. The van der Waals surface area contributed by atoms with Crippen molar-refractivity contribution in [3.63, 3.8) is 0 Å². The normalized spacial score (nSPS) is 11.4. The van der Waals surface area contributed by atoms with Crippen LogP contribution in [0, 0.1) is 0 Å². The van der Waals surface area contributed by atoms with Gasteiger partial charge in [-0.2, -0.15) is 0 Å². The average molecular weight is 273 g/mol. The first-order chi connectivity index (χ1) is 8.60. The van der Waals surface area contributed by atoms with Gasteiger partial charge in [-0.15, -0.1) is 0 Å². The van der Waals surface area contributed by atoms with E-state index in [0.717, 1.165) is 6.42 Å². The lowest BCUT2D eigenvalue weighted by atomic mass is 10.3. The molecule has 0 aromatic heterocycles. The van der Waals surface area contributed by atoms with Crippen molar-refractivity contribution in [3.05, 3.63) is 24.3 Å². The predicted molar refractivity (Wildman–Crippen MR) is 69.1 cm³/mol. The minimum Gasteiger partial charge on any atom is -0.494 e. The molecule has 0 spiro atoms. The van der Waals surface area contributed by atoms with Gasteiger partial charge in [-0.25, -0.2) is 13.1 Å². The van der Waals surface area contributed by atoms with E-state index in [-0.39, 0.29) is 11.5 Å². The SMILES string of the molecule is CCCNS(=O)(=O)c1ccc(OCCCO)cc1. The Morgan fingerprint density at radius 3 is 2.50 bits per heavy atom. The topological polar surface area (TPSA) is 75.6 Å². The third kappa shape index (κ3) is 4.64. The molecule has 5 nitrogen and oxygen atoms in total. The monoisotopic (exact) mass is 273 g/mol. The molecule has 0 heterocycles. The fraction of sp³-hybridized carbons (Fsp3) is 0.500. The summed E-state index contributed by atoms with van der Waals surface area (Å²) < 4.78 is 31.4. The number of aliphatic hydroxyl groups excluding tert-OH is 1. The van der Waals surface area contributed by atoms with Crippen LogP contribution in [-0.2, 0) is 10.0 Å². The van der Waals surface area contributed by atoms with E-state index in [0.29, 0.717) is 25.3 Å². The number of ether oxygens (including phenoxy) is 1. The van der Waals surface area contributed by atoms with Crippen LogP contribution in [0.5, 0.6) is 5.75 Å². The number of rotatable bonds is 8. The third-order valence-electron chi connectivity index (χ3n) is 2.25. The van der Waals surface area contributed by atoms with Crippen LogP contribution in [0.3, 0.4) is 0 Å². The Labute approximate surface area is 108 Å². The fourth-order valence-corrected chi connectivity index (χ4v) is 2.42. The molecule has 0 aliphatic rings. The molecule has 1 rings (SSSR count). The minimum atomic E-state index is -3.41. The Kier molecular flexibility index (Phi) is 6.11. The van der Waals surface area contributed by atoms with Gasteiger partial charge in [0.2, 0.25) is 10.0 Å². The van der Waals surface area contributed by atoms with Crippen molar-refractivity contribution >= 4 is 10.0 Å². The molecule has 0 aliphatic heterocycles. The zero-order valence-corrected chi connectivity index (χ0v) is 11.2. The molecule has 0 saturated carbocycles. The fourth-order valence-electron chi connectivity index (χ4n) is 1.29. The summed E-state index contributed by atoms with van der Waals surface area (Å²) in [6, 6.07) is 6.23. The molecule has 0 radical (unpaired) electrons. The maximum absolute atomic E-state index is 11.8. The summed E-state index contributed by atoms with van der Waals surface area (Å²) in [4.78, 5) is 0.227. The third-order valence-corrected chi connectivity index (χ3v) is 3.72. The first-order valence-corrected chi connectivity index (χ1v) is 7.42. The summed E-state index contributed by atoms with van der Waals surface area (Å²) in [7, 11) is -3.41. The molecule has 0 fully saturated rings. The molecule has 1 aromatic carbocycles. The number of hydrogen-bond acceptors (Lipinski definition) is 4. The average Bonchev–Trinajstić information content (AvgIpc) is 2.37. The van der Waals surface area contributed by atoms with Gasteiger partial charge in [0.1, 0.15) is 5.75 Å². The molecule has 0 amide bonds. The van der Waals surface area contributed by atoms with Gasteiger partial charge in [0.25, 0.3) is 0 Å². The van der Waals surface area contributed by atoms with Gasteiger partial charge in [-0.1, -0.05) is 6.92 Å². The minimum absolute atomic E-state index is 0.0768. The second kappa shape index (κ2) is 7.35. The number of hydrogen-bond donors (Lipinski definition) is 2. The molecule has 0 saturated heterocycles. The lowest BCUT2D eigenvalue weighted by molar-refractivity contribution is 0.233. The number of benzene rings is 1. The highest BCUT2D eigenvalue weighted by atomic mass is 32.2. The Morgan fingerprint density at radius 1 is 1.28 bits per heavy atom. The van der Waals surface area contributed by atoms with Crippen molar-refractivity contribution in [2.24, 2.45) is 0 Å². The van der Waals surface area contributed by atoms with Crippen molar-refractivity contribution in [1.82, 2.24) is 4.72 Å². The second-order valence-electron chi connectivity index (χ2n) is 3.79. The number of aliphatic hydroxyl groups is 1. The molecule has 18 heavy (non-hydrogen) atoms. The van der Waals surface area contributed by atoms with E-state index >= 15 is 0 Å². The molecule has 1 aromatic rings. The van der Waals surface area contributed by atoms with E-state index < -0.39 is 10.0 Å². The summed E-state index contributed by atoms with van der Waals surface area (Å²) in [5.74, 6) is 0.595. The summed E-state index contributed by atoms with van der Waals surface area (Å²) in [6.07, 6.45) is 1.31. The van der Waals surface area contributed by atoms with Crippen LogP contribution in [-0.4, -0.2) is 33.3 Å². The quantitative estimate of drug-likeness (QED) is 0.696. The van der Waals surface area contributed by atoms with E-state index in [1.807, 2.05) is 6.92 Å². The van der Waals surface area contributed by atoms with Gasteiger partial charge in [-0.05, 0) is 30.7 Å². The number of sulfonamides is 1. The smallest absolute Gasteiger partial charge is 0.240 e. The van der Waals surface area contributed by atoms with E-state index in [2.05, 4.69) is 4.72 Å². The van der Waals surface area contributed by atoms with Gasteiger partial charge in [0, 0.05) is 19.6 Å². The highest BCUT2D eigenvalue weighted by Crippen LogP contribution is 2.15. The molecule has 0 bridgehead atoms. The molecule has 0 unspecified atom stereocenters. The lowest BCUT2D eigenvalue weighted by Gasteiger charge is -2.08. The van der Waals surface area contributed by atoms with Gasteiger partial charge in [0.05, 0.1) is 11.5 Å². The van der Waals surface area contributed by atoms with Crippen molar-refractivity contribution < 1.29 is 18.3 Å². The van der Waals surface area contributed by atoms with Gasteiger partial charge in [0.15, 0.2) is 0 Å². The van der Waals surface area contributed by atoms with Crippen LogP contribution in [0.25, 0.3) is 0 Å². The highest BCUT2D eigenvalue weighted by Gasteiger charge is 2.12. The van der Waals surface area contributed by atoms with E-state index in [4.69, 9.17) is 9.84 Å². The van der Waals surface area contributed by atoms with Crippen LogP contribution >= 0.6 is 0 Å². The second-order valence-corrected chi connectivity index (χ2v) is 5.56. The summed E-state index contributed by atoms with van der Waals surface area (Å²) in [5, 5.41) is 8.61. The molecule has 6 heteroatoms. The zero-order valence-electron chi connectivity index (χ0n) is 10.4. The van der Waals surface area contributed by atoms with Crippen LogP contribution in [0.4, 0.5) is 0 Å². The van der Waals surface area contributed by atoms with Crippen LogP contribution in [0.2, 0.25) is 0 Å². The molecule has 0 atom stereocenters. The van der Waals surface area contributed by atoms with Crippen LogP contribution < -0.4 is 9.46 Å². The van der Waals surface area contributed by atoms with Crippen LogP contribution in [0.15, 0.2) is 29.2 Å². The first kappa shape index (κ1) is 14.9. The van der Waals surface area contributed by atoms with Crippen molar-refractivity contribution in [2.75, 3.05) is 19.8 Å². The van der Waals surface area contributed by atoms with Gasteiger partial charge >= 0.3 is 0 Å². The van der Waals surface area contributed by atoms with Crippen molar-refractivity contribution in [3.8, 4) is 5.75 Å². The maximum atomic E-state index is 11.8. The zero-order chi connectivity index (χ0) is 13.4. The first-order valence-electron chi connectivity index (χ1n) is 5.93. The summed E-state index contributed by atoms with van der Waals surface area (Å²) >= 11 is 0. The largest absolute Gasteiger partial charge is 0.494 e. The molecular weight excluding hydrogens is 254 g/mol. The Bertz CT molecular complexity index is 442. The Hall–Kier alpha value is -1.11. The molecule has 0 aliphatic carbocycles. The number of nitrogens with one attached hydrogen (secondary N) is 1. The van der Waals surface area contributed by atoms with Gasteiger partial charge in [-0.3, -0.25) is 0 Å². The molecular formula is C12H19NO4S. The highest BCUT2D eigenvalue weighted by molar-refractivity contribution is 7.89. The lowest BCUT2D eigenvalue weighted by Crippen LogP contribution is -2.24. The molecule has 102 valence electrons.